The Morgan fingerprint density at radius 3 is 2.46 bits per heavy atom. The van der Waals surface area contributed by atoms with Crippen molar-refractivity contribution in [3.8, 4) is 22.9 Å². The standard InChI is InChI=1S/C19H19N3O4/c1-12-3-6-16(9-13(12)2)25-11-18-21-19(22-26-18)14-4-7-15(8-5-14)24-10-17(20)23/h3-9H,10-11H2,1-2H3,(H2,20,23). The van der Waals surface area contributed by atoms with E-state index in [-0.39, 0.29) is 13.2 Å². The molecular formula is C19H19N3O4. The quantitative estimate of drug-likeness (QED) is 0.701. The second kappa shape index (κ2) is 7.69. The van der Waals surface area contributed by atoms with Gasteiger partial charge in [-0.3, -0.25) is 4.79 Å². The summed E-state index contributed by atoms with van der Waals surface area (Å²) in [6.45, 7) is 4.11. The summed E-state index contributed by atoms with van der Waals surface area (Å²) >= 11 is 0. The minimum absolute atomic E-state index is 0.165. The van der Waals surface area contributed by atoms with Gasteiger partial charge in [0.15, 0.2) is 13.2 Å². The zero-order valence-electron chi connectivity index (χ0n) is 14.6. The Morgan fingerprint density at radius 1 is 1.04 bits per heavy atom. The number of hydrogen-bond donors (Lipinski definition) is 1. The molecule has 3 aromatic rings. The van der Waals surface area contributed by atoms with Crippen molar-refractivity contribution in [2.24, 2.45) is 5.73 Å². The molecule has 7 nitrogen and oxygen atoms in total. The summed E-state index contributed by atoms with van der Waals surface area (Å²) in [4.78, 5) is 15.0. The minimum atomic E-state index is -0.527. The molecule has 2 aromatic carbocycles. The molecule has 1 heterocycles. The number of carbonyl (C=O) groups is 1. The maximum absolute atomic E-state index is 10.7. The summed E-state index contributed by atoms with van der Waals surface area (Å²) in [5.41, 5.74) is 8.17. The maximum atomic E-state index is 10.7. The van der Waals surface area contributed by atoms with Gasteiger partial charge < -0.3 is 19.7 Å². The number of ether oxygens (including phenoxy) is 2. The monoisotopic (exact) mass is 353 g/mol. The van der Waals surface area contributed by atoms with Crippen LogP contribution in [0.5, 0.6) is 11.5 Å². The van der Waals surface area contributed by atoms with Gasteiger partial charge in [0.2, 0.25) is 5.82 Å². The number of amides is 1. The molecule has 26 heavy (non-hydrogen) atoms. The van der Waals surface area contributed by atoms with Gasteiger partial charge in [-0.1, -0.05) is 11.2 Å². The molecule has 2 N–H and O–H groups in total. The highest BCUT2D eigenvalue weighted by Crippen LogP contribution is 2.21. The van der Waals surface area contributed by atoms with E-state index < -0.39 is 5.91 Å². The van der Waals surface area contributed by atoms with Crippen molar-refractivity contribution >= 4 is 5.91 Å². The van der Waals surface area contributed by atoms with Crippen molar-refractivity contribution in [1.29, 1.82) is 0 Å². The van der Waals surface area contributed by atoms with Crippen LogP contribution in [0, 0.1) is 13.8 Å². The van der Waals surface area contributed by atoms with Gasteiger partial charge in [0.25, 0.3) is 11.8 Å². The number of aromatic nitrogens is 2. The van der Waals surface area contributed by atoms with E-state index in [2.05, 4.69) is 10.1 Å². The molecule has 134 valence electrons. The molecular weight excluding hydrogens is 334 g/mol. The lowest BCUT2D eigenvalue weighted by Gasteiger charge is -2.05. The molecule has 0 aliphatic heterocycles. The number of aryl methyl sites for hydroxylation is 2. The van der Waals surface area contributed by atoms with Crippen molar-refractivity contribution in [3.05, 3.63) is 59.5 Å². The third-order valence-corrected chi connectivity index (χ3v) is 3.80. The van der Waals surface area contributed by atoms with E-state index in [1.165, 1.54) is 5.56 Å². The summed E-state index contributed by atoms with van der Waals surface area (Å²) < 4.78 is 16.1. The van der Waals surface area contributed by atoms with Crippen LogP contribution in [0.15, 0.2) is 47.0 Å². The van der Waals surface area contributed by atoms with Crippen LogP contribution >= 0.6 is 0 Å². The Morgan fingerprint density at radius 2 is 1.77 bits per heavy atom. The summed E-state index contributed by atoms with van der Waals surface area (Å²) in [5, 5.41) is 3.95. The molecule has 1 amide bonds. The van der Waals surface area contributed by atoms with Crippen LogP contribution < -0.4 is 15.2 Å². The largest absolute Gasteiger partial charge is 0.484 e. The number of nitrogens with two attached hydrogens (primary N) is 1. The predicted octanol–water partition coefficient (Wildman–Crippen LogP) is 2.80. The highest BCUT2D eigenvalue weighted by Gasteiger charge is 2.10. The molecule has 0 bridgehead atoms. The van der Waals surface area contributed by atoms with Gasteiger partial charge in [0.05, 0.1) is 0 Å². The van der Waals surface area contributed by atoms with Gasteiger partial charge in [0.1, 0.15) is 11.5 Å². The molecule has 0 atom stereocenters. The lowest BCUT2D eigenvalue weighted by molar-refractivity contribution is -0.119. The van der Waals surface area contributed by atoms with E-state index in [4.69, 9.17) is 19.7 Å². The summed E-state index contributed by atoms with van der Waals surface area (Å²) in [5.74, 6) is 1.59. The first kappa shape index (κ1) is 17.5. The van der Waals surface area contributed by atoms with E-state index >= 15 is 0 Å². The Hall–Kier alpha value is -3.35. The number of rotatable bonds is 7. The lowest BCUT2D eigenvalue weighted by Crippen LogP contribution is -2.19. The SMILES string of the molecule is Cc1ccc(OCc2nc(-c3ccc(OCC(N)=O)cc3)no2)cc1C. The summed E-state index contributed by atoms with van der Waals surface area (Å²) in [6, 6.07) is 12.8. The summed E-state index contributed by atoms with van der Waals surface area (Å²) in [7, 11) is 0. The van der Waals surface area contributed by atoms with E-state index in [1.54, 1.807) is 24.3 Å². The molecule has 0 saturated carbocycles. The fourth-order valence-corrected chi connectivity index (χ4v) is 2.23. The second-order valence-electron chi connectivity index (χ2n) is 5.83. The highest BCUT2D eigenvalue weighted by atomic mass is 16.5. The van der Waals surface area contributed by atoms with Crippen molar-refractivity contribution < 1.29 is 18.8 Å². The third kappa shape index (κ3) is 4.38. The minimum Gasteiger partial charge on any atom is -0.484 e. The van der Waals surface area contributed by atoms with E-state index in [0.717, 1.165) is 16.9 Å². The first-order valence-electron chi connectivity index (χ1n) is 8.05. The Balaban J connectivity index is 1.62. The van der Waals surface area contributed by atoms with Crippen LogP contribution in [0.25, 0.3) is 11.4 Å². The normalized spacial score (nSPS) is 10.5. The summed E-state index contributed by atoms with van der Waals surface area (Å²) in [6.07, 6.45) is 0. The second-order valence-corrected chi connectivity index (χ2v) is 5.83. The average Bonchev–Trinajstić information content (AvgIpc) is 3.10. The highest BCUT2D eigenvalue weighted by molar-refractivity contribution is 5.75. The first-order valence-corrected chi connectivity index (χ1v) is 8.05. The fourth-order valence-electron chi connectivity index (χ4n) is 2.23. The van der Waals surface area contributed by atoms with Gasteiger partial charge in [-0.15, -0.1) is 0 Å². The molecule has 7 heteroatoms. The maximum Gasteiger partial charge on any atom is 0.264 e. The van der Waals surface area contributed by atoms with Gasteiger partial charge in [0, 0.05) is 5.56 Å². The van der Waals surface area contributed by atoms with Gasteiger partial charge in [-0.25, -0.2) is 0 Å². The van der Waals surface area contributed by atoms with Gasteiger partial charge in [-0.05, 0) is 61.4 Å². The topological polar surface area (TPSA) is 100 Å². The van der Waals surface area contributed by atoms with Crippen molar-refractivity contribution in [2.45, 2.75) is 20.5 Å². The predicted molar refractivity (Wildman–Crippen MR) is 94.7 cm³/mol. The average molecular weight is 353 g/mol. The number of primary amides is 1. The molecule has 0 aliphatic carbocycles. The molecule has 0 unspecified atom stereocenters. The van der Waals surface area contributed by atoms with Crippen molar-refractivity contribution in [1.82, 2.24) is 10.1 Å². The Kier molecular flexibility index (Phi) is 5.17. The smallest absolute Gasteiger partial charge is 0.264 e. The van der Waals surface area contributed by atoms with Crippen LogP contribution in [0.1, 0.15) is 17.0 Å². The molecule has 0 saturated heterocycles. The number of hydrogen-bond acceptors (Lipinski definition) is 6. The van der Waals surface area contributed by atoms with Crippen LogP contribution in [0.3, 0.4) is 0 Å². The van der Waals surface area contributed by atoms with Crippen LogP contribution in [-0.2, 0) is 11.4 Å². The van der Waals surface area contributed by atoms with Crippen molar-refractivity contribution in [2.75, 3.05) is 6.61 Å². The van der Waals surface area contributed by atoms with Gasteiger partial charge in [-0.2, -0.15) is 4.98 Å². The van der Waals surface area contributed by atoms with E-state index in [0.29, 0.717) is 17.5 Å². The van der Waals surface area contributed by atoms with E-state index in [1.807, 2.05) is 32.0 Å². The Labute approximate surface area is 150 Å². The van der Waals surface area contributed by atoms with Gasteiger partial charge >= 0.3 is 0 Å². The van der Waals surface area contributed by atoms with Crippen LogP contribution in [0.4, 0.5) is 0 Å². The zero-order chi connectivity index (χ0) is 18.5. The Bertz CT molecular complexity index is 903. The first-order chi connectivity index (χ1) is 12.5. The molecule has 3 rings (SSSR count). The number of benzene rings is 2. The van der Waals surface area contributed by atoms with Crippen LogP contribution in [0.2, 0.25) is 0 Å². The number of nitrogens with zero attached hydrogens (tertiary/aromatic N) is 2. The lowest BCUT2D eigenvalue weighted by atomic mass is 10.1. The molecule has 0 spiro atoms. The molecule has 0 aliphatic rings. The molecule has 1 aromatic heterocycles. The molecule has 0 fully saturated rings. The fraction of sp³-hybridized carbons (Fsp3) is 0.211. The number of carbonyl (C=O) groups excluding carboxylic acids is 1. The molecule has 0 radical (unpaired) electrons. The van der Waals surface area contributed by atoms with Crippen molar-refractivity contribution in [3.63, 3.8) is 0 Å². The van der Waals surface area contributed by atoms with E-state index in [9.17, 15) is 4.79 Å². The third-order valence-electron chi connectivity index (χ3n) is 3.80. The van der Waals surface area contributed by atoms with Crippen LogP contribution in [-0.4, -0.2) is 22.7 Å². The zero-order valence-corrected chi connectivity index (χ0v) is 14.6.